The maximum atomic E-state index is 11.1. The topological polar surface area (TPSA) is 74.6 Å². The second kappa shape index (κ2) is 28.9. The van der Waals surface area contributed by atoms with E-state index in [2.05, 4.69) is 27.7 Å². The van der Waals surface area contributed by atoms with Gasteiger partial charge >= 0.3 is 174 Å². The van der Waals surface area contributed by atoms with Crippen LogP contribution in [0, 0.1) is 0 Å². The van der Waals surface area contributed by atoms with Crippen molar-refractivity contribution in [3.05, 3.63) is 59.7 Å². The number of unbranched alkanes of at least 4 members (excludes halogenated alkanes) is 16. The summed E-state index contributed by atoms with van der Waals surface area (Å²) in [7, 11) is -0.961. The Kier molecular flexibility index (Phi) is 26.6. The fourth-order valence-corrected chi connectivity index (χ4v) is 13.6. The van der Waals surface area contributed by atoms with Gasteiger partial charge in [-0.1, -0.05) is 62.2 Å². The first-order valence-corrected chi connectivity index (χ1v) is 23.3. The van der Waals surface area contributed by atoms with Crippen LogP contribution >= 0.6 is 19.0 Å². The van der Waals surface area contributed by atoms with Gasteiger partial charge in [0.2, 0.25) is 0 Å². The Balaban J connectivity index is 0.000000519. The Labute approximate surface area is 300 Å². The molecule has 0 saturated heterocycles. The second-order valence-electron chi connectivity index (χ2n) is 13.9. The van der Waals surface area contributed by atoms with Gasteiger partial charge in [0.15, 0.2) is 0 Å². The minimum atomic E-state index is -1.03. The average Bonchev–Trinajstić information content (AvgIpc) is 3.09. The van der Waals surface area contributed by atoms with Crippen LogP contribution in [0.2, 0.25) is 0 Å². The Morgan fingerprint density at radius 1 is 0.458 bits per heavy atom. The van der Waals surface area contributed by atoms with E-state index in [1.807, 2.05) is 0 Å². The summed E-state index contributed by atoms with van der Waals surface area (Å²) >= 11 is 1.14. The van der Waals surface area contributed by atoms with E-state index in [0.29, 0.717) is 9.79 Å². The number of hydrogen-bond acceptors (Lipinski definition) is 3. The number of benzene rings is 2. The van der Waals surface area contributed by atoms with Gasteiger partial charge in [-0.05, 0) is 24.3 Å². The molecule has 0 heterocycles. The van der Waals surface area contributed by atoms with Crippen molar-refractivity contribution in [1.29, 1.82) is 0 Å². The fraction of sp³-hybridized carbons (Fsp3) is 0.667. The third-order valence-corrected chi connectivity index (χ3v) is 16.5. The SMILES string of the molecule is CCCCCCCCCCCCCCCC[PH](CCCC)(CCCC)CCCC.O=C(O)c1ccccc1Sc1ccccc1C(=O)O. The molecule has 0 unspecified atom stereocenters. The second-order valence-corrected chi connectivity index (χ2v) is 19.9. The predicted octanol–water partition coefficient (Wildman–Crippen LogP) is 13.9. The van der Waals surface area contributed by atoms with Gasteiger partial charge in [-0.15, -0.1) is 0 Å². The predicted molar refractivity (Wildman–Crippen MR) is 214 cm³/mol. The van der Waals surface area contributed by atoms with Crippen molar-refractivity contribution in [2.45, 2.75) is 166 Å². The number of rotatable bonds is 28. The molecule has 6 heteroatoms. The van der Waals surface area contributed by atoms with Gasteiger partial charge < -0.3 is 10.2 Å². The summed E-state index contributed by atoms with van der Waals surface area (Å²) in [4.78, 5) is 23.2. The molecule has 274 valence electrons. The van der Waals surface area contributed by atoms with Crippen LogP contribution in [0.3, 0.4) is 0 Å². The van der Waals surface area contributed by atoms with Crippen molar-refractivity contribution in [3.8, 4) is 0 Å². The summed E-state index contributed by atoms with van der Waals surface area (Å²) in [5.41, 5.74) is 0.320. The molecular formula is C42H71O4PS. The van der Waals surface area contributed by atoms with E-state index >= 15 is 0 Å². The summed E-state index contributed by atoms with van der Waals surface area (Å²) in [6.07, 6.45) is 36.2. The Hall–Kier alpha value is -1.84. The van der Waals surface area contributed by atoms with Crippen molar-refractivity contribution in [2.24, 2.45) is 0 Å². The summed E-state index contributed by atoms with van der Waals surface area (Å²) in [5, 5.41) is 18.2. The largest absolute Gasteiger partial charge is 0.478 e. The first kappa shape index (κ1) is 44.2. The van der Waals surface area contributed by atoms with Crippen LogP contribution in [0.15, 0.2) is 58.3 Å². The number of carboxylic acids is 2. The number of hydrogen-bond donors (Lipinski definition) is 2. The molecule has 0 radical (unpaired) electrons. The van der Waals surface area contributed by atoms with E-state index < -0.39 is 19.2 Å². The molecule has 0 aliphatic heterocycles. The minimum Gasteiger partial charge on any atom is -0.478 e. The zero-order chi connectivity index (χ0) is 35.3. The summed E-state index contributed by atoms with van der Waals surface area (Å²) < 4.78 is 0. The Morgan fingerprint density at radius 2 is 0.750 bits per heavy atom. The van der Waals surface area contributed by atoms with Gasteiger partial charge in [0.1, 0.15) is 0 Å². The number of carbonyl (C=O) groups is 2. The van der Waals surface area contributed by atoms with Crippen LogP contribution in [0.4, 0.5) is 0 Å². The van der Waals surface area contributed by atoms with Gasteiger partial charge in [0.25, 0.3) is 0 Å². The smallest absolute Gasteiger partial charge is 0.336 e. The van der Waals surface area contributed by atoms with E-state index in [1.54, 1.807) is 67.5 Å². The van der Waals surface area contributed by atoms with E-state index in [9.17, 15) is 9.59 Å². The molecule has 0 saturated carbocycles. The quantitative estimate of drug-likeness (QED) is 0.0682. The van der Waals surface area contributed by atoms with Crippen LogP contribution in [0.5, 0.6) is 0 Å². The fourth-order valence-electron chi connectivity index (χ4n) is 6.68. The molecule has 48 heavy (non-hydrogen) atoms. The van der Waals surface area contributed by atoms with Gasteiger partial charge in [0.05, 0.1) is 11.1 Å². The summed E-state index contributed by atoms with van der Waals surface area (Å²) in [6, 6.07) is 13.0. The van der Waals surface area contributed by atoms with Gasteiger partial charge in [-0.3, -0.25) is 0 Å². The third-order valence-electron chi connectivity index (χ3n) is 9.70. The molecule has 2 rings (SSSR count). The number of carboxylic acid groups (broad SMARTS) is 2. The molecule has 0 aliphatic rings. The normalized spacial score (nSPS) is 11.6. The molecular weight excluding hydrogens is 631 g/mol. The van der Waals surface area contributed by atoms with Crippen LogP contribution in [-0.4, -0.2) is 46.8 Å². The van der Waals surface area contributed by atoms with Crippen molar-refractivity contribution in [1.82, 2.24) is 0 Å². The molecule has 0 atom stereocenters. The molecule has 4 nitrogen and oxygen atoms in total. The number of aromatic carboxylic acids is 2. The van der Waals surface area contributed by atoms with Crippen LogP contribution in [0.1, 0.15) is 177 Å². The first-order chi connectivity index (χ1) is 23.3. The maximum absolute atomic E-state index is 11.1. The average molecular weight is 703 g/mol. The first-order valence-electron chi connectivity index (χ1n) is 19.7. The third kappa shape index (κ3) is 20.0. The molecule has 0 spiro atoms. The summed E-state index contributed by atoms with van der Waals surface area (Å²) in [6.45, 7) is 9.49. The van der Waals surface area contributed by atoms with Crippen LogP contribution in [-0.2, 0) is 0 Å². The van der Waals surface area contributed by atoms with Crippen molar-refractivity contribution in [3.63, 3.8) is 0 Å². The van der Waals surface area contributed by atoms with Crippen molar-refractivity contribution >= 4 is 31.0 Å². The summed E-state index contributed by atoms with van der Waals surface area (Å²) in [5.74, 6) is -2.06. The van der Waals surface area contributed by atoms with E-state index in [-0.39, 0.29) is 11.1 Å². The van der Waals surface area contributed by atoms with Crippen molar-refractivity contribution in [2.75, 3.05) is 24.6 Å². The van der Waals surface area contributed by atoms with E-state index in [1.165, 1.54) is 134 Å². The Bertz CT molecular complexity index is 1030. The van der Waals surface area contributed by atoms with Crippen molar-refractivity contribution < 1.29 is 19.8 Å². The zero-order valence-electron chi connectivity index (χ0n) is 31.2. The van der Waals surface area contributed by atoms with Crippen LogP contribution in [0.25, 0.3) is 0 Å². The van der Waals surface area contributed by atoms with Gasteiger partial charge in [0, 0.05) is 9.79 Å². The molecule has 2 aromatic rings. The molecule has 0 aliphatic carbocycles. The zero-order valence-corrected chi connectivity index (χ0v) is 33.0. The molecule has 0 amide bonds. The molecule has 2 N–H and O–H groups in total. The van der Waals surface area contributed by atoms with Gasteiger partial charge in [-0.2, -0.15) is 0 Å². The minimum absolute atomic E-state index is 0.160. The standard InChI is InChI=1S/C28H61P.C14H10O4S/c1-5-9-13-14-15-16-17-18-19-20-21-22-23-24-28-29(25-10-6-2,26-11-7-3)27-12-8-4;15-13(16)9-5-1-3-7-11(9)19-12-8-4-2-6-10(12)14(17)18/h29H,5-28H2,1-4H3;1-8H,(H,15,16)(H,17,18). The molecule has 0 bridgehead atoms. The molecule has 0 aromatic heterocycles. The van der Waals surface area contributed by atoms with Gasteiger partial charge in [-0.25, -0.2) is 9.59 Å². The molecule has 2 aromatic carbocycles. The maximum Gasteiger partial charge on any atom is 0.336 e. The van der Waals surface area contributed by atoms with E-state index in [0.717, 1.165) is 11.8 Å². The van der Waals surface area contributed by atoms with Crippen LogP contribution < -0.4 is 0 Å². The van der Waals surface area contributed by atoms with E-state index in [4.69, 9.17) is 10.2 Å². The molecule has 0 fully saturated rings. The monoisotopic (exact) mass is 702 g/mol. The Morgan fingerprint density at radius 3 is 1.08 bits per heavy atom.